The smallest absolute Gasteiger partial charge is 0.324 e. The molecule has 0 bridgehead atoms. The lowest BCUT2D eigenvalue weighted by atomic mass is 10.2. The largest absolute Gasteiger partial charge is 0.353 e. The number of sulfone groups is 1. The van der Waals surface area contributed by atoms with Gasteiger partial charge in [-0.1, -0.05) is 11.6 Å². The van der Waals surface area contributed by atoms with Crippen LogP contribution < -0.4 is 9.80 Å². The molecule has 10 heteroatoms. The molecule has 2 aliphatic rings. The van der Waals surface area contributed by atoms with Crippen LogP contribution >= 0.6 is 11.6 Å². The van der Waals surface area contributed by atoms with Crippen LogP contribution in [0.15, 0.2) is 41.4 Å². The monoisotopic (exact) mass is 424 g/mol. The molecule has 0 unspecified atom stereocenters. The number of hydrogen-bond acceptors (Lipinski definition) is 5. The Morgan fingerprint density at radius 1 is 1.07 bits per heavy atom. The summed E-state index contributed by atoms with van der Waals surface area (Å²) >= 11 is 5.95. The predicted molar refractivity (Wildman–Crippen MR) is 104 cm³/mol. The first-order chi connectivity index (χ1) is 13.3. The van der Waals surface area contributed by atoms with Crippen molar-refractivity contribution >= 4 is 39.0 Å². The summed E-state index contributed by atoms with van der Waals surface area (Å²) in [5, 5.41) is 0.317. The number of anilines is 2. The van der Waals surface area contributed by atoms with E-state index in [-0.39, 0.29) is 23.2 Å². The van der Waals surface area contributed by atoms with E-state index in [2.05, 4.69) is 4.98 Å². The second-order valence-electron chi connectivity index (χ2n) is 6.67. The van der Waals surface area contributed by atoms with Crippen LogP contribution in [-0.4, -0.2) is 62.8 Å². The number of rotatable bonds is 1. The average molecular weight is 425 g/mol. The van der Waals surface area contributed by atoms with Gasteiger partial charge in [0.05, 0.1) is 22.5 Å². The lowest BCUT2D eigenvalue weighted by Crippen LogP contribution is -2.54. The molecule has 0 aliphatic carbocycles. The van der Waals surface area contributed by atoms with Crippen LogP contribution in [0.1, 0.15) is 0 Å². The highest BCUT2D eigenvalue weighted by molar-refractivity contribution is 7.91. The number of carbonyl (C=O) groups excluding carboxylic acids is 1. The van der Waals surface area contributed by atoms with Gasteiger partial charge in [0.15, 0.2) is 9.84 Å². The number of benzene rings is 1. The van der Waals surface area contributed by atoms with Gasteiger partial charge in [-0.25, -0.2) is 22.6 Å². The van der Waals surface area contributed by atoms with Crippen molar-refractivity contribution in [3.05, 3.63) is 47.4 Å². The molecule has 148 valence electrons. The van der Waals surface area contributed by atoms with E-state index in [9.17, 15) is 17.6 Å². The van der Waals surface area contributed by atoms with Crippen LogP contribution in [0.25, 0.3) is 0 Å². The van der Waals surface area contributed by atoms with Gasteiger partial charge in [-0.05, 0) is 30.3 Å². The van der Waals surface area contributed by atoms with Crippen molar-refractivity contribution < 1.29 is 17.6 Å². The third-order valence-corrected chi connectivity index (χ3v) is 6.90. The molecule has 2 amide bonds. The number of fused-ring (bicyclic) bond motifs is 1. The van der Waals surface area contributed by atoms with Crippen molar-refractivity contribution in [1.29, 1.82) is 0 Å². The summed E-state index contributed by atoms with van der Waals surface area (Å²) < 4.78 is 37.7. The summed E-state index contributed by atoms with van der Waals surface area (Å²) in [6, 6.07) is 7.29. The Labute approximate surface area is 167 Å². The Hall–Kier alpha value is -2.39. The molecule has 1 saturated heterocycles. The second-order valence-corrected chi connectivity index (χ2v) is 9.19. The zero-order chi connectivity index (χ0) is 19.9. The maximum atomic E-state index is 13.0. The first kappa shape index (κ1) is 18.9. The van der Waals surface area contributed by atoms with Crippen LogP contribution in [0.3, 0.4) is 0 Å². The molecule has 0 spiro atoms. The highest BCUT2D eigenvalue weighted by atomic mass is 35.5. The molecular weight excluding hydrogens is 407 g/mol. The van der Waals surface area contributed by atoms with Gasteiger partial charge in [-0.2, -0.15) is 0 Å². The van der Waals surface area contributed by atoms with E-state index in [4.69, 9.17) is 11.6 Å². The van der Waals surface area contributed by atoms with E-state index >= 15 is 0 Å². The van der Waals surface area contributed by atoms with Crippen molar-refractivity contribution in [1.82, 2.24) is 9.88 Å². The van der Waals surface area contributed by atoms with Crippen molar-refractivity contribution in [3.8, 4) is 0 Å². The zero-order valence-corrected chi connectivity index (χ0v) is 16.5. The van der Waals surface area contributed by atoms with Gasteiger partial charge in [0.25, 0.3) is 0 Å². The van der Waals surface area contributed by atoms with Crippen molar-refractivity contribution in [3.63, 3.8) is 0 Å². The summed E-state index contributed by atoms with van der Waals surface area (Å²) in [6.45, 7) is 2.15. The van der Waals surface area contributed by atoms with E-state index in [1.54, 1.807) is 23.1 Å². The summed E-state index contributed by atoms with van der Waals surface area (Å²) in [5.41, 5.74) is 0.364. The fraction of sp³-hybridized carbons (Fsp3) is 0.333. The highest BCUT2D eigenvalue weighted by Crippen LogP contribution is 2.33. The van der Waals surface area contributed by atoms with Gasteiger partial charge in [0, 0.05) is 37.7 Å². The molecule has 0 saturated carbocycles. The molecule has 2 aromatic rings. The minimum atomic E-state index is -3.45. The molecule has 7 nitrogen and oxygen atoms in total. The summed E-state index contributed by atoms with van der Waals surface area (Å²) in [4.78, 5) is 22.4. The van der Waals surface area contributed by atoms with E-state index in [0.29, 0.717) is 42.7 Å². The lowest BCUT2D eigenvalue weighted by molar-refractivity contribution is 0.201. The van der Waals surface area contributed by atoms with Gasteiger partial charge < -0.3 is 9.80 Å². The summed E-state index contributed by atoms with van der Waals surface area (Å²) in [7, 11) is -3.45. The zero-order valence-electron chi connectivity index (χ0n) is 14.9. The molecule has 4 rings (SSSR count). The number of hydrogen-bond donors (Lipinski definition) is 0. The topological polar surface area (TPSA) is 73.8 Å². The van der Waals surface area contributed by atoms with Crippen LogP contribution in [0.4, 0.5) is 20.7 Å². The SMILES string of the molecule is O=C(N1CCN(c2ccc(F)cn2)CC1)N1CCS(=O)(=O)c2cc(Cl)ccc21. The summed E-state index contributed by atoms with van der Waals surface area (Å²) in [5.74, 6) is 0.139. The molecule has 2 aliphatic heterocycles. The van der Waals surface area contributed by atoms with Crippen molar-refractivity contribution in [2.75, 3.05) is 48.3 Å². The first-order valence-electron chi connectivity index (χ1n) is 8.80. The Bertz CT molecular complexity index is 1010. The molecule has 0 N–H and O–H groups in total. The number of amides is 2. The third-order valence-electron chi connectivity index (χ3n) is 4.95. The van der Waals surface area contributed by atoms with E-state index < -0.39 is 15.7 Å². The summed E-state index contributed by atoms with van der Waals surface area (Å²) in [6.07, 6.45) is 1.17. The van der Waals surface area contributed by atoms with Crippen molar-refractivity contribution in [2.24, 2.45) is 0 Å². The standard InChI is InChI=1S/C18H18ClFN4O3S/c19-13-1-3-15-16(11-13)28(26,27)10-9-24(15)18(25)23-7-5-22(6-8-23)17-4-2-14(20)12-21-17/h1-4,11-12H,5-10H2. The quantitative estimate of drug-likeness (QED) is 0.702. The number of piperazine rings is 1. The number of pyridine rings is 1. The normalized spacial score (nSPS) is 18.7. The van der Waals surface area contributed by atoms with Gasteiger partial charge in [0.1, 0.15) is 11.6 Å². The number of aromatic nitrogens is 1. The Morgan fingerprint density at radius 3 is 2.50 bits per heavy atom. The molecule has 1 aromatic carbocycles. The Kier molecular flexibility index (Phi) is 4.88. The molecule has 0 radical (unpaired) electrons. The van der Waals surface area contributed by atoms with Crippen LogP contribution in [0.5, 0.6) is 0 Å². The Morgan fingerprint density at radius 2 is 1.82 bits per heavy atom. The minimum absolute atomic E-state index is 0.0914. The maximum Gasteiger partial charge on any atom is 0.324 e. The predicted octanol–water partition coefficient (Wildman–Crippen LogP) is 2.41. The molecular formula is C18H18ClFN4O3S. The van der Waals surface area contributed by atoms with Gasteiger partial charge in [-0.3, -0.25) is 4.90 Å². The number of carbonyl (C=O) groups is 1. The average Bonchev–Trinajstić information content (AvgIpc) is 2.69. The molecule has 1 fully saturated rings. The number of halogens is 2. The van der Waals surface area contributed by atoms with Crippen molar-refractivity contribution in [2.45, 2.75) is 4.90 Å². The van der Waals surface area contributed by atoms with Crippen LogP contribution in [0.2, 0.25) is 5.02 Å². The Balaban J connectivity index is 1.50. The van der Waals surface area contributed by atoms with E-state index in [0.717, 1.165) is 0 Å². The van der Waals surface area contributed by atoms with Gasteiger partial charge >= 0.3 is 6.03 Å². The molecule has 3 heterocycles. The fourth-order valence-corrected chi connectivity index (χ4v) is 5.14. The number of nitrogens with zero attached hydrogens (tertiary/aromatic N) is 4. The highest BCUT2D eigenvalue weighted by Gasteiger charge is 2.34. The molecule has 1 aromatic heterocycles. The second kappa shape index (κ2) is 7.21. The van der Waals surface area contributed by atoms with Gasteiger partial charge in [0.2, 0.25) is 0 Å². The van der Waals surface area contributed by atoms with Gasteiger partial charge in [-0.15, -0.1) is 0 Å². The molecule has 28 heavy (non-hydrogen) atoms. The third kappa shape index (κ3) is 3.51. The number of urea groups is 1. The van der Waals surface area contributed by atoms with E-state index in [1.165, 1.54) is 23.2 Å². The maximum absolute atomic E-state index is 13.0. The lowest BCUT2D eigenvalue weighted by Gasteiger charge is -2.39. The fourth-order valence-electron chi connectivity index (χ4n) is 3.45. The minimum Gasteiger partial charge on any atom is -0.353 e. The van der Waals surface area contributed by atoms with Crippen LogP contribution in [-0.2, 0) is 9.84 Å². The van der Waals surface area contributed by atoms with E-state index in [1.807, 2.05) is 4.90 Å². The van der Waals surface area contributed by atoms with Crippen LogP contribution in [0, 0.1) is 5.82 Å². The molecule has 0 atom stereocenters. The first-order valence-corrected chi connectivity index (χ1v) is 10.8.